The fourth-order valence-electron chi connectivity index (χ4n) is 1.28. The zero-order valence-electron chi connectivity index (χ0n) is 6.72. The molecule has 0 bridgehead atoms. The monoisotopic (exact) mass is 259 g/mol. The van der Waals surface area contributed by atoms with Crippen LogP contribution in [0.2, 0.25) is 5.15 Å². The average molecular weight is 261 g/mol. The predicted molar refractivity (Wildman–Crippen MR) is 56.4 cm³/mol. The van der Waals surface area contributed by atoms with Gasteiger partial charge in [-0.05, 0) is 12.0 Å². The molecule has 13 heavy (non-hydrogen) atoms. The minimum Gasteiger partial charge on any atom is -0.346 e. The summed E-state index contributed by atoms with van der Waals surface area (Å²) in [6.45, 7) is 0. The van der Waals surface area contributed by atoms with Crippen LogP contribution in [-0.4, -0.2) is 20.3 Å². The second-order valence-electron chi connectivity index (χ2n) is 2.64. The Hall–Kier alpha value is -0.610. The molecule has 2 rings (SSSR count). The average Bonchev–Trinajstić information content (AvgIpc) is 2.51. The number of alkyl halides is 1. The van der Waals surface area contributed by atoms with Gasteiger partial charge in [0.1, 0.15) is 17.1 Å². The minimum atomic E-state index is 0.516. The van der Waals surface area contributed by atoms with Crippen LogP contribution >= 0.6 is 27.5 Å². The summed E-state index contributed by atoms with van der Waals surface area (Å²) in [6.07, 6.45) is 4.30. The van der Waals surface area contributed by atoms with Crippen molar-refractivity contribution in [2.75, 3.05) is 5.33 Å². The Bertz CT molecular complexity index is 426. The summed E-state index contributed by atoms with van der Waals surface area (Å²) < 4.78 is 0. The summed E-state index contributed by atoms with van der Waals surface area (Å²) in [4.78, 5) is 11.1. The van der Waals surface area contributed by atoms with E-state index in [0.29, 0.717) is 5.15 Å². The molecule has 0 fully saturated rings. The lowest BCUT2D eigenvalue weighted by atomic mass is 10.2. The first-order chi connectivity index (χ1) is 6.33. The first-order valence-corrected chi connectivity index (χ1v) is 5.35. The number of hydrogen-bond donors (Lipinski definition) is 1. The molecule has 2 heterocycles. The van der Waals surface area contributed by atoms with Gasteiger partial charge in [0.25, 0.3) is 0 Å². The quantitative estimate of drug-likeness (QED) is 0.666. The summed E-state index contributed by atoms with van der Waals surface area (Å²) in [5, 5.41) is 2.36. The van der Waals surface area contributed by atoms with Crippen molar-refractivity contribution in [2.45, 2.75) is 6.42 Å². The van der Waals surface area contributed by atoms with E-state index in [2.05, 4.69) is 30.9 Å². The summed E-state index contributed by atoms with van der Waals surface area (Å²) >= 11 is 9.34. The number of nitrogens with one attached hydrogen (secondary N) is 1. The number of aromatic amines is 1. The number of H-pyrrole nitrogens is 1. The van der Waals surface area contributed by atoms with Crippen LogP contribution < -0.4 is 0 Å². The zero-order chi connectivity index (χ0) is 9.26. The molecule has 68 valence electrons. The van der Waals surface area contributed by atoms with Crippen LogP contribution in [0, 0.1) is 0 Å². The molecule has 0 unspecified atom stereocenters. The molecule has 1 N–H and O–H groups in total. The Morgan fingerprint density at radius 3 is 3.08 bits per heavy atom. The second-order valence-corrected chi connectivity index (χ2v) is 3.79. The van der Waals surface area contributed by atoms with E-state index in [1.807, 2.05) is 6.20 Å². The first-order valence-electron chi connectivity index (χ1n) is 3.85. The van der Waals surface area contributed by atoms with Gasteiger partial charge in [-0.3, -0.25) is 0 Å². The molecule has 0 radical (unpaired) electrons. The molecule has 0 saturated heterocycles. The number of fused-ring (bicyclic) bond motifs is 1. The fourth-order valence-corrected chi connectivity index (χ4v) is 1.97. The Morgan fingerprint density at radius 1 is 1.46 bits per heavy atom. The molecule has 2 aromatic heterocycles. The molecule has 2 aromatic rings. The fraction of sp³-hybridized carbons (Fsp3) is 0.250. The van der Waals surface area contributed by atoms with E-state index in [1.54, 1.807) is 0 Å². The number of aromatic nitrogens is 3. The Labute approximate surface area is 88.7 Å². The van der Waals surface area contributed by atoms with Gasteiger partial charge in [-0.25, -0.2) is 9.97 Å². The molecule has 0 aliphatic carbocycles. The highest BCUT2D eigenvalue weighted by molar-refractivity contribution is 9.09. The Balaban J connectivity index is 2.64. The van der Waals surface area contributed by atoms with E-state index < -0.39 is 0 Å². The number of halogens is 2. The smallest absolute Gasteiger partial charge is 0.142 e. The highest BCUT2D eigenvalue weighted by Gasteiger charge is 2.07. The molecule has 0 saturated carbocycles. The molecule has 5 heteroatoms. The predicted octanol–water partition coefficient (Wildman–Crippen LogP) is 2.55. The van der Waals surface area contributed by atoms with Crippen LogP contribution in [-0.2, 0) is 6.42 Å². The Morgan fingerprint density at radius 2 is 2.31 bits per heavy atom. The molecule has 0 aromatic carbocycles. The normalized spacial score (nSPS) is 10.9. The lowest BCUT2D eigenvalue weighted by molar-refractivity contribution is 1.18. The van der Waals surface area contributed by atoms with Crippen LogP contribution in [0.1, 0.15) is 5.56 Å². The molecular weight excluding hydrogens is 253 g/mol. The highest BCUT2D eigenvalue weighted by Crippen LogP contribution is 2.23. The van der Waals surface area contributed by atoms with Crippen molar-refractivity contribution in [3.05, 3.63) is 23.2 Å². The third kappa shape index (κ3) is 1.56. The van der Waals surface area contributed by atoms with Gasteiger partial charge in [-0.2, -0.15) is 0 Å². The lowest BCUT2D eigenvalue weighted by Gasteiger charge is -1.95. The molecular formula is C8H7BrClN3. The molecule has 0 atom stereocenters. The second kappa shape index (κ2) is 3.64. The van der Waals surface area contributed by atoms with E-state index in [0.717, 1.165) is 28.3 Å². The third-order valence-corrected chi connectivity index (χ3v) is 2.55. The number of nitrogens with zero attached hydrogens (tertiary/aromatic N) is 2. The maximum atomic E-state index is 5.95. The van der Waals surface area contributed by atoms with E-state index in [4.69, 9.17) is 11.6 Å². The van der Waals surface area contributed by atoms with E-state index >= 15 is 0 Å². The molecule has 0 aliphatic heterocycles. The van der Waals surface area contributed by atoms with Gasteiger partial charge in [0.15, 0.2) is 0 Å². The third-order valence-electron chi connectivity index (χ3n) is 1.87. The van der Waals surface area contributed by atoms with Crippen molar-refractivity contribution in [3.63, 3.8) is 0 Å². The van der Waals surface area contributed by atoms with Crippen LogP contribution in [0.25, 0.3) is 11.0 Å². The summed E-state index contributed by atoms with van der Waals surface area (Å²) in [6, 6.07) is 0. The van der Waals surface area contributed by atoms with Gasteiger partial charge in [-0.1, -0.05) is 27.5 Å². The molecule has 0 amide bonds. The van der Waals surface area contributed by atoms with Gasteiger partial charge < -0.3 is 4.98 Å². The van der Waals surface area contributed by atoms with Crippen LogP contribution in [0.4, 0.5) is 0 Å². The number of hydrogen-bond acceptors (Lipinski definition) is 2. The Kier molecular flexibility index (Phi) is 2.51. The van der Waals surface area contributed by atoms with Crippen LogP contribution in [0.3, 0.4) is 0 Å². The minimum absolute atomic E-state index is 0.516. The van der Waals surface area contributed by atoms with Gasteiger partial charge in [0.05, 0.1) is 5.39 Å². The van der Waals surface area contributed by atoms with Gasteiger partial charge in [0.2, 0.25) is 0 Å². The highest BCUT2D eigenvalue weighted by atomic mass is 79.9. The van der Waals surface area contributed by atoms with E-state index in [9.17, 15) is 0 Å². The lowest BCUT2D eigenvalue weighted by Crippen LogP contribution is -1.86. The van der Waals surface area contributed by atoms with E-state index in [-0.39, 0.29) is 0 Å². The largest absolute Gasteiger partial charge is 0.346 e. The zero-order valence-corrected chi connectivity index (χ0v) is 9.06. The van der Waals surface area contributed by atoms with E-state index in [1.165, 1.54) is 6.33 Å². The van der Waals surface area contributed by atoms with Crippen LogP contribution in [0.5, 0.6) is 0 Å². The summed E-state index contributed by atoms with van der Waals surface area (Å²) in [7, 11) is 0. The standard InChI is InChI=1S/C8H7BrClN3/c9-2-1-5-3-11-8-6(5)7(10)12-4-13-8/h3-4H,1-2H2,(H,11,12,13). The van der Waals surface area contributed by atoms with Gasteiger partial charge in [0, 0.05) is 11.5 Å². The number of rotatable bonds is 2. The summed E-state index contributed by atoms with van der Waals surface area (Å²) in [5.74, 6) is 0. The topological polar surface area (TPSA) is 41.6 Å². The van der Waals surface area contributed by atoms with Gasteiger partial charge >= 0.3 is 0 Å². The van der Waals surface area contributed by atoms with Crippen molar-refractivity contribution < 1.29 is 0 Å². The maximum Gasteiger partial charge on any atom is 0.142 e. The van der Waals surface area contributed by atoms with Gasteiger partial charge in [-0.15, -0.1) is 0 Å². The molecule has 3 nitrogen and oxygen atoms in total. The van der Waals surface area contributed by atoms with Crippen molar-refractivity contribution in [1.82, 2.24) is 15.0 Å². The number of aryl methyl sites for hydroxylation is 1. The first kappa shape index (κ1) is 8.97. The van der Waals surface area contributed by atoms with Crippen molar-refractivity contribution in [2.24, 2.45) is 0 Å². The van der Waals surface area contributed by atoms with Crippen molar-refractivity contribution in [1.29, 1.82) is 0 Å². The maximum absolute atomic E-state index is 5.95. The SMILES string of the molecule is Clc1ncnc2[nH]cc(CCBr)c12. The van der Waals surface area contributed by atoms with Crippen molar-refractivity contribution >= 4 is 38.6 Å². The molecule has 0 spiro atoms. The van der Waals surface area contributed by atoms with Crippen LogP contribution in [0.15, 0.2) is 12.5 Å². The summed E-state index contributed by atoms with van der Waals surface area (Å²) in [5.41, 5.74) is 1.95. The molecule has 0 aliphatic rings. The van der Waals surface area contributed by atoms with Crippen molar-refractivity contribution in [3.8, 4) is 0 Å².